The lowest BCUT2D eigenvalue weighted by molar-refractivity contribution is -0.143. The van der Waals surface area contributed by atoms with Crippen molar-refractivity contribution in [2.45, 2.75) is 25.6 Å². The van der Waals surface area contributed by atoms with Crippen LogP contribution in [0.25, 0.3) is 0 Å². The third kappa shape index (κ3) is 4.77. The van der Waals surface area contributed by atoms with Crippen LogP contribution in [0.15, 0.2) is 18.2 Å². The standard InChI is InChI=1S/C16H19F3N2O4/c1-25-12-5-4-10(13(7-12)16(17,18)19)8-20-15(24)21-6-2-3-11(9-21)14(22)23/h4-5,7,11H,2-3,6,8-9H2,1H3,(H,20,24)(H,22,23). The Morgan fingerprint density at radius 1 is 1.40 bits per heavy atom. The lowest BCUT2D eigenvalue weighted by Gasteiger charge is -2.30. The summed E-state index contributed by atoms with van der Waals surface area (Å²) in [5.41, 5.74) is -0.970. The molecule has 1 atom stereocenters. The van der Waals surface area contributed by atoms with Gasteiger partial charge in [0, 0.05) is 19.6 Å². The van der Waals surface area contributed by atoms with Gasteiger partial charge in [-0.15, -0.1) is 0 Å². The second-order valence-electron chi connectivity index (χ2n) is 5.80. The van der Waals surface area contributed by atoms with E-state index in [2.05, 4.69) is 5.32 Å². The number of likely N-dealkylation sites (tertiary alicyclic amines) is 1. The highest BCUT2D eigenvalue weighted by Gasteiger charge is 2.34. The fourth-order valence-corrected chi connectivity index (χ4v) is 2.75. The minimum atomic E-state index is -4.58. The number of piperidine rings is 1. The molecular weight excluding hydrogens is 341 g/mol. The fourth-order valence-electron chi connectivity index (χ4n) is 2.75. The predicted octanol–water partition coefficient (Wildman–Crippen LogP) is 2.72. The van der Waals surface area contributed by atoms with Crippen LogP contribution in [0.4, 0.5) is 18.0 Å². The number of halogens is 3. The van der Waals surface area contributed by atoms with Gasteiger partial charge in [0.15, 0.2) is 0 Å². The van der Waals surface area contributed by atoms with Crippen molar-refractivity contribution in [3.8, 4) is 5.75 Å². The summed E-state index contributed by atoms with van der Waals surface area (Å²) in [6.07, 6.45) is -3.55. The molecule has 1 aromatic carbocycles. The van der Waals surface area contributed by atoms with E-state index < -0.39 is 29.7 Å². The minimum Gasteiger partial charge on any atom is -0.497 e. The van der Waals surface area contributed by atoms with Gasteiger partial charge in [-0.3, -0.25) is 4.79 Å². The van der Waals surface area contributed by atoms with Crippen molar-refractivity contribution in [2.24, 2.45) is 5.92 Å². The van der Waals surface area contributed by atoms with Crippen molar-refractivity contribution in [3.05, 3.63) is 29.3 Å². The molecule has 138 valence electrons. The number of aliphatic carboxylic acids is 1. The van der Waals surface area contributed by atoms with Gasteiger partial charge >= 0.3 is 18.2 Å². The van der Waals surface area contributed by atoms with Crippen molar-refractivity contribution in [3.63, 3.8) is 0 Å². The number of hydrogen-bond acceptors (Lipinski definition) is 3. The zero-order valence-electron chi connectivity index (χ0n) is 13.6. The van der Waals surface area contributed by atoms with Crippen molar-refractivity contribution >= 4 is 12.0 Å². The summed E-state index contributed by atoms with van der Waals surface area (Å²) in [6, 6.07) is 2.94. The number of methoxy groups -OCH3 is 1. The van der Waals surface area contributed by atoms with Crippen molar-refractivity contribution in [1.82, 2.24) is 10.2 Å². The quantitative estimate of drug-likeness (QED) is 0.865. The summed E-state index contributed by atoms with van der Waals surface area (Å²) < 4.78 is 44.2. The number of alkyl halides is 3. The summed E-state index contributed by atoms with van der Waals surface area (Å²) in [6.45, 7) is 0.117. The number of carboxylic acids is 1. The molecule has 25 heavy (non-hydrogen) atoms. The molecule has 1 aliphatic heterocycles. The second kappa shape index (κ2) is 7.62. The Labute approximate surface area is 142 Å². The predicted molar refractivity (Wildman–Crippen MR) is 82.2 cm³/mol. The van der Waals surface area contributed by atoms with E-state index in [0.29, 0.717) is 19.4 Å². The molecule has 0 bridgehead atoms. The van der Waals surface area contributed by atoms with E-state index in [4.69, 9.17) is 9.84 Å². The number of benzene rings is 1. The van der Waals surface area contributed by atoms with E-state index in [1.165, 1.54) is 24.1 Å². The van der Waals surface area contributed by atoms with Gasteiger partial charge in [-0.1, -0.05) is 6.07 Å². The summed E-state index contributed by atoms with van der Waals surface area (Å²) in [5, 5.41) is 11.5. The maximum atomic E-state index is 13.1. The van der Waals surface area contributed by atoms with Crippen LogP contribution >= 0.6 is 0 Å². The van der Waals surface area contributed by atoms with Gasteiger partial charge in [0.05, 0.1) is 18.6 Å². The molecule has 0 aromatic heterocycles. The number of nitrogens with one attached hydrogen (secondary N) is 1. The summed E-state index contributed by atoms with van der Waals surface area (Å²) in [7, 11) is 1.27. The van der Waals surface area contributed by atoms with Crippen LogP contribution in [-0.2, 0) is 17.5 Å². The zero-order chi connectivity index (χ0) is 18.6. The van der Waals surface area contributed by atoms with Gasteiger partial charge < -0.3 is 20.1 Å². The Kier molecular flexibility index (Phi) is 5.76. The maximum Gasteiger partial charge on any atom is 0.416 e. The van der Waals surface area contributed by atoms with Gasteiger partial charge in [0.1, 0.15) is 5.75 Å². The number of rotatable bonds is 4. The molecule has 2 N–H and O–H groups in total. The van der Waals surface area contributed by atoms with Crippen molar-refractivity contribution < 1.29 is 32.6 Å². The molecule has 2 rings (SSSR count). The topological polar surface area (TPSA) is 78.9 Å². The lowest BCUT2D eigenvalue weighted by Crippen LogP contribution is -2.46. The number of carbonyl (C=O) groups excluding carboxylic acids is 1. The van der Waals surface area contributed by atoms with Crippen LogP contribution in [0.2, 0.25) is 0 Å². The van der Waals surface area contributed by atoms with E-state index in [9.17, 15) is 22.8 Å². The first-order valence-electron chi connectivity index (χ1n) is 7.72. The molecule has 1 saturated heterocycles. The van der Waals surface area contributed by atoms with Gasteiger partial charge in [-0.2, -0.15) is 13.2 Å². The van der Waals surface area contributed by atoms with Crippen LogP contribution < -0.4 is 10.1 Å². The molecule has 1 aromatic rings. The number of carbonyl (C=O) groups is 2. The molecule has 0 spiro atoms. The van der Waals surface area contributed by atoms with Crippen LogP contribution in [0.3, 0.4) is 0 Å². The van der Waals surface area contributed by atoms with Crippen LogP contribution in [0.5, 0.6) is 5.75 Å². The third-order valence-electron chi connectivity index (χ3n) is 4.11. The van der Waals surface area contributed by atoms with Crippen LogP contribution in [0.1, 0.15) is 24.0 Å². The number of carboxylic acid groups (broad SMARTS) is 1. The Morgan fingerprint density at radius 2 is 2.12 bits per heavy atom. The second-order valence-corrected chi connectivity index (χ2v) is 5.80. The molecule has 1 fully saturated rings. The molecule has 2 amide bonds. The molecule has 1 unspecified atom stereocenters. The molecule has 0 saturated carbocycles. The summed E-state index contributed by atoms with van der Waals surface area (Å²) >= 11 is 0. The Bertz CT molecular complexity index is 649. The molecule has 0 aliphatic carbocycles. The highest BCUT2D eigenvalue weighted by atomic mass is 19.4. The number of urea groups is 1. The molecule has 1 heterocycles. The highest BCUT2D eigenvalue weighted by molar-refractivity contribution is 5.76. The molecule has 0 radical (unpaired) electrons. The van der Waals surface area contributed by atoms with E-state index in [-0.39, 0.29) is 24.4 Å². The number of ether oxygens (including phenoxy) is 1. The van der Waals surface area contributed by atoms with Gasteiger partial charge in [-0.25, -0.2) is 4.79 Å². The molecule has 9 heteroatoms. The average Bonchev–Trinajstić information content (AvgIpc) is 2.58. The number of hydrogen-bond donors (Lipinski definition) is 2. The normalized spacial score (nSPS) is 17.9. The first-order chi connectivity index (χ1) is 11.7. The third-order valence-corrected chi connectivity index (χ3v) is 4.11. The lowest BCUT2D eigenvalue weighted by atomic mass is 9.99. The molecule has 1 aliphatic rings. The number of nitrogens with zero attached hydrogens (tertiary/aromatic N) is 1. The Hall–Kier alpha value is -2.45. The Morgan fingerprint density at radius 3 is 2.72 bits per heavy atom. The summed E-state index contributed by atoms with van der Waals surface area (Å²) in [4.78, 5) is 24.5. The van der Waals surface area contributed by atoms with Crippen molar-refractivity contribution in [1.29, 1.82) is 0 Å². The van der Waals surface area contributed by atoms with E-state index >= 15 is 0 Å². The first kappa shape index (κ1) is 18.9. The van der Waals surface area contributed by atoms with Crippen LogP contribution in [-0.4, -0.2) is 42.2 Å². The zero-order valence-corrected chi connectivity index (χ0v) is 13.6. The van der Waals surface area contributed by atoms with E-state index in [1.807, 2.05) is 0 Å². The van der Waals surface area contributed by atoms with Gasteiger partial charge in [-0.05, 0) is 30.5 Å². The van der Waals surface area contributed by atoms with Gasteiger partial charge in [0.25, 0.3) is 0 Å². The molecule has 6 nitrogen and oxygen atoms in total. The van der Waals surface area contributed by atoms with Crippen LogP contribution in [0, 0.1) is 5.92 Å². The van der Waals surface area contributed by atoms with Crippen molar-refractivity contribution in [2.75, 3.05) is 20.2 Å². The minimum absolute atomic E-state index is 0.0515. The van der Waals surface area contributed by atoms with E-state index in [0.717, 1.165) is 6.07 Å². The monoisotopic (exact) mass is 360 g/mol. The van der Waals surface area contributed by atoms with Gasteiger partial charge in [0.2, 0.25) is 0 Å². The largest absolute Gasteiger partial charge is 0.497 e. The highest BCUT2D eigenvalue weighted by Crippen LogP contribution is 2.34. The maximum absolute atomic E-state index is 13.1. The van der Waals surface area contributed by atoms with E-state index in [1.54, 1.807) is 0 Å². The fraction of sp³-hybridized carbons (Fsp3) is 0.500. The summed E-state index contributed by atoms with van der Waals surface area (Å²) in [5.74, 6) is -1.55. The smallest absolute Gasteiger partial charge is 0.416 e. The Balaban J connectivity index is 2.05. The number of amides is 2. The SMILES string of the molecule is COc1ccc(CNC(=O)N2CCCC(C(=O)O)C2)c(C(F)(F)F)c1. The average molecular weight is 360 g/mol. The first-order valence-corrected chi connectivity index (χ1v) is 7.72. The molecular formula is C16H19F3N2O4.